The van der Waals surface area contributed by atoms with Gasteiger partial charge in [-0.05, 0) is 37.0 Å². The quantitative estimate of drug-likeness (QED) is 0.887. The smallest absolute Gasteiger partial charge is 0.287 e. The number of nitrogens with one attached hydrogen (secondary N) is 1. The van der Waals surface area contributed by atoms with Crippen molar-refractivity contribution in [3.05, 3.63) is 18.2 Å². The Morgan fingerprint density at radius 1 is 1.44 bits per heavy atom. The Kier molecular flexibility index (Phi) is 3.10. The summed E-state index contributed by atoms with van der Waals surface area (Å²) >= 11 is 0. The number of rotatable bonds is 3. The summed E-state index contributed by atoms with van der Waals surface area (Å²) in [4.78, 5) is 16.1. The molecule has 1 heterocycles. The van der Waals surface area contributed by atoms with Crippen LogP contribution in [0.4, 0.5) is 0 Å². The molecule has 1 amide bonds. The van der Waals surface area contributed by atoms with Gasteiger partial charge < -0.3 is 9.88 Å². The zero-order chi connectivity index (χ0) is 12.5. The molecule has 4 heteroatoms. The lowest BCUT2D eigenvalue weighted by Crippen LogP contribution is -2.32. The lowest BCUT2D eigenvalue weighted by molar-refractivity contribution is 0.0929. The van der Waals surface area contributed by atoms with Gasteiger partial charge in [0.05, 0.1) is 0 Å². The molecule has 3 atom stereocenters. The molecule has 2 fully saturated rings. The minimum atomic E-state index is -0.0380. The van der Waals surface area contributed by atoms with Crippen LogP contribution in [0.2, 0.25) is 0 Å². The predicted molar refractivity (Wildman–Crippen MR) is 69.1 cm³/mol. The number of carbonyl (C=O) groups excluding carboxylic acids is 1. The second kappa shape index (κ2) is 4.75. The molecular formula is C14H21N3O. The average molecular weight is 247 g/mol. The summed E-state index contributed by atoms with van der Waals surface area (Å²) in [6.07, 6.45) is 10.3. The van der Waals surface area contributed by atoms with Crippen LogP contribution in [0.3, 0.4) is 0 Å². The highest BCUT2D eigenvalue weighted by molar-refractivity contribution is 5.90. The predicted octanol–water partition coefficient (Wildman–Crippen LogP) is 1.98. The molecule has 0 saturated heterocycles. The van der Waals surface area contributed by atoms with Gasteiger partial charge in [0.2, 0.25) is 0 Å². The summed E-state index contributed by atoms with van der Waals surface area (Å²) in [5.41, 5.74) is 0. The van der Waals surface area contributed by atoms with E-state index in [0.717, 1.165) is 18.4 Å². The van der Waals surface area contributed by atoms with E-state index in [9.17, 15) is 4.79 Å². The summed E-state index contributed by atoms with van der Waals surface area (Å²) < 4.78 is 1.77. The summed E-state index contributed by atoms with van der Waals surface area (Å²) in [5, 5.41) is 3.06. The van der Waals surface area contributed by atoms with Crippen LogP contribution in [0.15, 0.2) is 12.4 Å². The topological polar surface area (TPSA) is 46.9 Å². The number of aromatic nitrogens is 2. The Hall–Kier alpha value is -1.32. The molecule has 0 aromatic carbocycles. The number of imidazole rings is 1. The maximum atomic E-state index is 12.0. The maximum Gasteiger partial charge on any atom is 0.287 e. The molecule has 0 radical (unpaired) electrons. The number of carbonyl (C=O) groups is 1. The molecular weight excluding hydrogens is 226 g/mol. The van der Waals surface area contributed by atoms with Crippen LogP contribution in [0, 0.1) is 17.8 Å². The Balaban J connectivity index is 1.56. The summed E-state index contributed by atoms with van der Waals surface area (Å²) in [6.45, 7) is 0.826. The largest absolute Gasteiger partial charge is 0.349 e. The Labute approximate surface area is 108 Å². The van der Waals surface area contributed by atoms with Crippen LogP contribution >= 0.6 is 0 Å². The molecule has 0 spiro atoms. The molecule has 2 saturated carbocycles. The standard InChI is InChI=1S/C14H21N3O/c1-17-8-7-15-13(17)14(18)16-9-11-6-5-10-3-2-4-12(10)11/h7-8,10-12H,2-6,9H2,1H3,(H,16,18)/t10-,11+,12-/m0/s1. The van der Waals surface area contributed by atoms with Crippen LogP contribution in [0.1, 0.15) is 42.7 Å². The van der Waals surface area contributed by atoms with Gasteiger partial charge in [0, 0.05) is 26.0 Å². The zero-order valence-electron chi connectivity index (χ0n) is 10.9. The van der Waals surface area contributed by atoms with Crippen LogP contribution in [-0.4, -0.2) is 22.0 Å². The lowest BCUT2D eigenvalue weighted by Gasteiger charge is -2.18. The molecule has 0 bridgehead atoms. The number of hydrogen-bond acceptors (Lipinski definition) is 2. The van der Waals surface area contributed by atoms with Gasteiger partial charge in [-0.15, -0.1) is 0 Å². The fourth-order valence-electron chi connectivity index (χ4n) is 3.83. The number of aryl methyl sites for hydroxylation is 1. The van der Waals surface area contributed by atoms with E-state index in [1.54, 1.807) is 17.0 Å². The van der Waals surface area contributed by atoms with Crippen molar-refractivity contribution in [1.29, 1.82) is 0 Å². The lowest BCUT2D eigenvalue weighted by atomic mass is 9.92. The first-order valence-corrected chi connectivity index (χ1v) is 7.01. The third-order valence-corrected chi connectivity index (χ3v) is 4.78. The maximum absolute atomic E-state index is 12.0. The zero-order valence-corrected chi connectivity index (χ0v) is 10.9. The highest BCUT2D eigenvalue weighted by Gasteiger charge is 2.38. The van der Waals surface area contributed by atoms with Gasteiger partial charge in [0.1, 0.15) is 0 Å². The first kappa shape index (κ1) is 11.8. The van der Waals surface area contributed by atoms with Crippen molar-refractivity contribution >= 4 is 5.91 Å². The summed E-state index contributed by atoms with van der Waals surface area (Å²) in [6, 6.07) is 0. The molecule has 3 rings (SSSR count). The van der Waals surface area contributed by atoms with Crippen molar-refractivity contribution in [2.45, 2.75) is 32.1 Å². The average Bonchev–Trinajstić information content (AvgIpc) is 3.02. The first-order chi connectivity index (χ1) is 8.75. The van der Waals surface area contributed by atoms with Crippen LogP contribution in [0.25, 0.3) is 0 Å². The fourth-order valence-corrected chi connectivity index (χ4v) is 3.83. The fraction of sp³-hybridized carbons (Fsp3) is 0.714. The van der Waals surface area contributed by atoms with Gasteiger partial charge in [-0.2, -0.15) is 0 Å². The molecule has 1 aromatic rings. The van der Waals surface area contributed by atoms with Gasteiger partial charge in [-0.3, -0.25) is 4.79 Å². The second-order valence-corrected chi connectivity index (χ2v) is 5.76. The molecule has 18 heavy (non-hydrogen) atoms. The van der Waals surface area contributed by atoms with E-state index >= 15 is 0 Å². The van der Waals surface area contributed by atoms with Gasteiger partial charge in [-0.1, -0.05) is 12.8 Å². The molecule has 98 valence electrons. The minimum absolute atomic E-state index is 0.0380. The van der Waals surface area contributed by atoms with E-state index in [4.69, 9.17) is 0 Å². The van der Waals surface area contributed by atoms with Gasteiger partial charge >= 0.3 is 0 Å². The molecule has 0 aliphatic heterocycles. The second-order valence-electron chi connectivity index (χ2n) is 5.76. The Morgan fingerprint density at radius 2 is 2.33 bits per heavy atom. The van der Waals surface area contributed by atoms with E-state index < -0.39 is 0 Å². The number of nitrogens with zero attached hydrogens (tertiary/aromatic N) is 2. The number of amides is 1. The number of hydrogen-bond donors (Lipinski definition) is 1. The van der Waals surface area contributed by atoms with Gasteiger partial charge in [0.15, 0.2) is 5.82 Å². The van der Waals surface area contributed by atoms with Crippen molar-refractivity contribution in [2.24, 2.45) is 24.8 Å². The Bertz CT molecular complexity index is 440. The van der Waals surface area contributed by atoms with E-state index in [0.29, 0.717) is 11.7 Å². The van der Waals surface area contributed by atoms with E-state index in [2.05, 4.69) is 10.3 Å². The van der Waals surface area contributed by atoms with Crippen LogP contribution in [-0.2, 0) is 7.05 Å². The normalized spacial score (nSPS) is 30.4. The molecule has 2 aliphatic rings. The molecule has 0 unspecified atom stereocenters. The monoisotopic (exact) mass is 247 g/mol. The SMILES string of the molecule is Cn1ccnc1C(=O)NC[C@H]1CC[C@@H]2CCC[C@@H]21. The highest BCUT2D eigenvalue weighted by atomic mass is 16.2. The first-order valence-electron chi connectivity index (χ1n) is 7.01. The minimum Gasteiger partial charge on any atom is -0.349 e. The highest BCUT2D eigenvalue weighted by Crippen LogP contribution is 2.47. The molecule has 2 aliphatic carbocycles. The van der Waals surface area contributed by atoms with Gasteiger partial charge in [0.25, 0.3) is 5.91 Å². The van der Waals surface area contributed by atoms with Crippen molar-refractivity contribution in [2.75, 3.05) is 6.54 Å². The van der Waals surface area contributed by atoms with Gasteiger partial charge in [-0.25, -0.2) is 4.98 Å². The van der Waals surface area contributed by atoms with Crippen molar-refractivity contribution in [1.82, 2.24) is 14.9 Å². The van der Waals surface area contributed by atoms with Crippen LogP contribution < -0.4 is 5.32 Å². The van der Waals surface area contributed by atoms with Crippen molar-refractivity contribution < 1.29 is 4.79 Å². The molecule has 1 aromatic heterocycles. The van der Waals surface area contributed by atoms with E-state index in [1.165, 1.54) is 32.1 Å². The van der Waals surface area contributed by atoms with Crippen LogP contribution in [0.5, 0.6) is 0 Å². The molecule has 1 N–H and O–H groups in total. The molecule has 4 nitrogen and oxygen atoms in total. The van der Waals surface area contributed by atoms with E-state index in [1.807, 2.05) is 7.05 Å². The third kappa shape index (κ3) is 2.04. The summed E-state index contributed by atoms with van der Waals surface area (Å²) in [5.74, 6) is 2.98. The Morgan fingerprint density at radius 3 is 3.11 bits per heavy atom. The van der Waals surface area contributed by atoms with Crippen molar-refractivity contribution in [3.8, 4) is 0 Å². The summed E-state index contributed by atoms with van der Waals surface area (Å²) in [7, 11) is 1.85. The van der Waals surface area contributed by atoms with Crippen molar-refractivity contribution in [3.63, 3.8) is 0 Å². The third-order valence-electron chi connectivity index (χ3n) is 4.78. The van der Waals surface area contributed by atoms with E-state index in [-0.39, 0.29) is 5.91 Å². The number of fused-ring (bicyclic) bond motifs is 1.